The third kappa shape index (κ3) is 2.16. The normalized spacial score (nSPS) is 25.9. The van der Waals surface area contributed by atoms with Gasteiger partial charge in [0.05, 0.1) is 19.8 Å². The number of ether oxygens (including phenoxy) is 2. The number of nitrogens with two attached hydrogens (primary N) is 1. The molecule has 2 aliphatic rings. The van der Waals surface area contributed by atoms with Crippen LogP contribution in [0.25, 0.3) is 0 Å². The highest BCUT2D eigenvalue weighted by atomic mass is 16.6. The van der Waals surface area contributed by atoms with Crippen LogP contribution in [0, 0.1) is 5.41 Å². The molecular formula is C9H16N2O3. The zero-order valence-corrected chi connectivity index (χ0v) is 8.11. The van der Waals surface area contributed by atoms with E-state index in [4.69, 9.17) is 20.4 Å². The van der Waals surface area contributed by atoms with Crippen molar-refractivity contribution in [1.82, 2.24) is 0 Å². The molecule has 0 atom stereocenters. The van der Waals surface area contributed by atoms with Gasteiger partial charge in [0.2, 0.25) is 0 Å². The molecular weight excluding hydrogens is 184 g/mol. The third-order valence-electron chi connectivity index (χ3n) is 2.87. The average Bonchev–Trinajstić information content (AvgIpc) is 2.82. The standard InChI is InChI=1S/C9H16N2O3/c10-8(11-12)3-9(1-2-9)6-14-7-4-13-5-7/h7,12H,1-6H2,(H2,10,11). The predicted octanol–water partition coefficient (Wildman–Crippen LogP) is 0.318. The molecule has 0 amide bonds. The Hall–Kier alpha value is -0.810. The first-order chi connectivity index (χ1) is 6.74. The molecule has 14 heavy (non-hydrogen) atoms. The minimum absolute atomic E-state index is 0.145. The van der Waals surface area contributed by atoms with E-state index in [1.807, 2.05) is 0 Å². The SMILES string of the molecule is NC(CC1(COC2COC2)CC1)=NO. The number of oxime groups is 1. The van der Waals surface area contributed by atoms with Gasteiger partial charge in [-0.2, -0.15) is 0 Å². The molecule has 1 heterocycles. The molecule has 2 fully saturated rings. The van der Waals surface area contributed by atoms with Gasteiger partial charge < -0.3 is 20.4 Å². The van der Waals surface area contributed by atoms with Crippen molar-refractivity contribution in [3.8, 4) is 0 Å². The number of nitrogens with zero attached hydrogens (tertiary/aromatic N) is 1. The van der Waals surface area contributed by atoms with Gasteiger partial charge in [0.25, 0.3) is 0 Å². The van der Waals surface area contributed by atoms with E-state index >= 15 is 0 Å². The van der Waals surface area contributed by atoms with Gasteiger partial charge >= 0.3 is 0 Å². The van der Waals surface area contributed by atoms with Crippen molar-refractivity contribution < 1.29 is 14.7 Å². The Balaban J connectivity index is 1.72. The van der Waals surface area contributed by atoms with Crippen LogP contribution in [0.4, 0.5) is 0 Å². The quantitative estimate of drug-likeness (QED) is 0.290. The van der Waals surface area contributed by atoms with Gasteiger partial charge in [0.1, 0.15) is 11.9 Å². The second kappa shape index (κ2) is 3.74. The van der Waals surface area contributed by atoms with E-state index in [1.165, 1.54) is 0 Å². The summed E-state index contributed by atoms with van der Waals surface area (Å²) in [5.74, 6) is 0.302. The molecule has 3 N–H and O–H groups in total. The molecule has 0 aromatic rings. The van der Waals surface area contributed by atoms with E-state index in [2.05, 4.69) is 5.16 Å². The Labute approximate surface area is 82.9 Å². The lowest BCUT2D eigenvalue weighted by atomic mass is 10.0. The minimum Gasteiger partial charge on any atom is -0.409 e. The molecule has 1 aliphatic heterocycles. The maximum atomic E-state index is 8.46. The highest BCUT2D eigenvalue weighted by molar-refractivity contribution is 5.80. The second-order valence-electron chi connectivity index (χ2n) is 4.24. The topological polar surface area (TPSA) is 77.1 Å². The van der Waals surface area contributed by atoms with Crippen molar-refractivity contribution in [2.24, 2.45) is 16.3 Å². The summed E-state index contributed by atoms with van der Waals surface area (Å²) in [6, 6.07) is 0. The number of rotatable bonds is 5. The Morgan fingerprint density at radius 2 is 2.29 bits per heavy atom. The van der Waals surface area contributed by atoms with Gasteiger partial charge in [0.15, 0.2) is 0 Å². The van der Waals surface area contributed by atoms with Crippen LogP contribution < -0.4 is 5.73 Å². The van der Waals surface area contributed by atoms with E-state index in [9.17, 15) is 0 Å². The minimum atomic E-state index is 0.145. The van der Waals surface area contributed by atoms with Crippen LogP contribution in [-0.2, 0) is 9.47 Å². The molecule has 0 aromatic heterocycles. The van der Waals surface area contributed by atoms with Crippen LogP contribution in [-0.4, -0.2) is 37.0 Å². The maximum Gasteiger partial charge on any atom is 0.139 e. The number of hydrogen-bond donors (Lipinski definition) is 2. The predicted molar refractivity (Wildman–Crippen MR) is 50.3 cm³/mol. The average molecular weight is 200 g/mol. The van der Waals surface area contributed by atoms with Crippen LogP contribution in [0.5, 0.6) is 0 Å². The first-order valence-corrected chi connectivity index (χ1v) is 4.90. The van der Waals surface area contributed by atoms with E-state index < -0.39 is 0 Å². The van der Waals surface area contributed by atoms with Crippen LogP contribution in [0.2, 0.25) is 0 Å². The molecule has 5 heteroatoms. The summed E-state index contributed by atoms with van der Waals surface area (Å²) < 4.78 is 10.6. The van der Waals surface area contributed by atoms with Gasteiger partial charge in [-0.1, -0.05) is 5.16 Å². The summed E-state index contributed by atoms with van der Waals surface area (Å²) in [6.07, 6.45) is 3.12. The molecule has 0 spiro atoms. The summed E-state index contributed by atoms with van der Waals surface area (Å²) in [4.78, 5) is 0. The Morgan fingerprint density at radius 3 is 2.71 bits per heavy atom. The van der Waals surface area contributed by atoms with E-state index in [0.717, 1.165) is 12.8 Å². The summed E-state index contributed by atoms with van der Waals surface area (Å²) in [6.45, 7) is 2.12. The zero-order chi connectivity index (χ0) is 10.0. The van der Waals surface area contributed by atoms with Crippen molar-refractivity contribution >= 4 is 5.84 Å². The second-order valence-corrected chi connectivity index (χ2v) is 4.24. The van der Waals surface area contributed by atoms with Gasteiger partial charge in [-0.3, -0.25) is 0 Å². The smallest absolute Gasteiger partial charge is 0.139 e. The highest BCUT2D eigenvalue weighted by Gasteiger charge is 2.44. The summed E-state index contributed by atoms with van der Waals surface area (Å²) in [7, 11) is 0. The molecule has 1 aliphatic carbocycles. The Bertz CT molecular complexity index is 234. The molecule has 2 rings (SSSR count). The molecule has 1 saturated heterocycles. The lowest BCUT2D eigenvalue weighted by molar-refractivity contribution is -0.137. The van der Waals surface area contributed by atoms with Crippen molar-refractivity contribution in [2.45, 2.75) is 25.4 Å². The molecule has 1 saturated carbocycles. The fourth-order valence-electron chi connectivity index (χ4n) is 1.57. The first-order valence-electron chi connectivity index (χ1n) is 4.90. The van der Waals surface area contributed by atoms with Gasteiger partial charge in [-0.25, -0.2) is 0 Å². The van der Waals surface area contributed by atoms with Crippen LogP contribution in [0.15, 0.2) is 5.16 Å². The van der Waals surface area contributed by atoms with Crippen molar-refractivity contribution in [1.29, 1.82) is 0 Å². The monoisotopic (exact) mass is 200 g/mol. The fraction of sp³-hybridized carbons (Fsp3) is 0.889. The van der Waals surface area contributed by atoms with Crippen LogP contribution in [0.3, 0.4) is 0 Å². The first kappa shape index (κ1) is 9.73. The van der Waals surface area contributed by atoms with Crippen molar-refractivity contribution in [3.63, 3.8) is 0 Å². The Kier molecular flexibility index (Phi) is 2.60. The largest absolute Gasteiger partial charge is 0.409 e. The third-order valence-corrected chi connectivity index (χ3v) is 2.87. The molecule has 5 nitrogen and oxygen atoms in total. The lowest BCUT2D eigenvalue weighted by Gasteiger charge is -2.28. The van der Waals surface area contributed by atoms with E-state index in [-0.39, 0.29) is 11.5 Å². The molecule has 0 aromatic carbocycles. The van der Waals surface area contributed by atoms with Crippen molar-refractivity contribution in [2.75, 3.05) is 19.8 Å². The lowest BCUT2D eigenvalue weighted by Crippen LogP contribution is -2.38. The molecule has 0 bridgehead atoms. The van der Waals surface area contributed by atoms with E-state index in [1.54, 1.807) is 0 Å². The van der Waals surface area contributed by atoms with Gasteiger partial charge in [-0.05, 0) is 12.8 Å². The van der Waals surface area contributed by atoms with Crippen LogP contribution >= 0.6 is 0 Å². The zero-order valence-electron chi connectivity index (χ0n) is 8.11. The summed E-state index contributed by atoms with van der Waals surface area (Å²) >= 11 is 0. The Morgan fingerprint density at radius 1 is 1.57 bits per heavy atom. The molecule has 80 valence electrons. The van der Waals surface area contributed by atoms with Gasteiger partial charge in [-0.15, -0.1) is 0 Å². The number of amidine groups is 1. The fourth-order valence-corrected chi connectivity index (χ4v) is 1.57. The maximum absolute atomic E-state index is 8.46. The molecule has 0 radical (unpaired) electrons. The summed E-state index contributed by atoms with van der Waals surface area (Å²) in [5, 5.41) is 11.5. The highest BCUT2D eigenvalue weighted by Crippen LogP contribution is 2.49. The van der Waals surface area contributed by atoms with Gasteiger partial charge in [0, 0.05) is 11.8 Å². The van der Waals surface area contributed by atoms with Crippen molar-refractivity contribution in [3.05, 3.63) is 0 Å². The molecule has 0 unspecified atom stereocenters. The summed E-state index contributed by atoms with van der Waals surface area (Å²) in [5.41, 5.74) is 5.62. The number of hydrogen-bond acceptors (Lipinski definition) is 4. The van der Waals surface area contributed by atoms with Crippen LogP contribution in [0.1, 0.15) is 19.3 Å². The van der Waals surface area contributed by atoms with E-state index in [0.29, 0.717) is 32.1 Å².